The fraction of sp³-hybridized carbons (Fsp3) is 0.200. The summed E-state index contributed by atoms with van der Waals surface area (Å²) in [6, 6.07) is 6.59. The van der Waals surface area contributed by atoms with Crippen molar-refractivity contribution in [1.29, 1.82) is 0 Å². The molecule has 0 unspecified atom stereocenters. The maximum atomic E-state index is 13.7. The fourth-order valence-electron chi connectivity index (χ4n) is 2.12. The SMILES string of the molecule is CCc1nc(N)c(C)c(-c2cc3cccc(F)c3o2)n1. The van der Waals surface area contributed by atoms with Crippen molar-refractivity contribution in [1.82, 2.24) is 9.97 Å². The van der Waals surface area contributed by atoms with Gasteiger partial charge in [-0.05, 0) is 19.1 Å². The van der Waals surface area contributed by atoms with Crippen molar-refractivity contribution in [2.24, 2.45) is 0 Å². The maximum Gasteiger partial charge on any atom is 0.170 e. The Bertz CT molecular complexity index is 795. The zero-order valence-electron chi connectivity index (χ0n) is 11.3. The monoisotopic (exact) mass is 271 g/mol. The molecule has 0 saturated carbocycles. The first-order valence-electron chi connectivity index (χ1n) is 6.41. The van der Waals surface area contributed by atoms with Crippen molar-refractivity contribution in [2.75, 3.05) is 5.73 Å². The highest BCUT2D eigenvalue weighted by molar-refractivity contribution is 5.83. The molecule has 0 radical (unpaired) electrons. The molecule has 102 valence electrons. The third-order valence-electron chi connectivity index (χ3n) is 3.28. The van der Waals surface area contributed by atoms with Gasteiger partial charge in [0.25, 0.3) is 0 Å². The molecule has 0 spiro atoms. The molecule has 0 amide bonds. The molecule has 3 aromatic rings. The molecule has 1 aromatic carbocycles. The first kappa shape index (κ1) is 12.6. The summed E-state index contributed by atoms with van der Waals surface area (Å²) in [4.78, 5) is 8.64. The van der Waals surface area contributed by atoms with Gasteiger partial charge >= 0.3 is 0 Å². The van der Waals surface area contributed by atoms with E-state index < -0.39 is 0 Å². The molecule has 5 heteroatoms. The van der Waals surface area contributed by atoms with Crippen LogP contribution in [0.25, 0.3) is 22.4 Å². The number of nitrogens with zero attached hydrogens (tertiary/aromatic N) is 2. The van der Waals surface area contributed by atoms with Gasteiger partial charge in [-0.1, -0.05) is 19.1 Å². The highest BCUT2D eigenvalue weighted by Gasteiger charge is 2.15. The summed E-state index contributed by atoms with van der Waals surface area (Å²) in [5.74, 6) is 1.19. The lowest BCUT2D eigenvalue weighted by Gasteiger charge is -2.06. The second-order valence-electron chi connectivity index (χ2n) is 4.62. The van der Waals surface area contributed by atoms with Gasteiger partial charge < -0.3 is 10.2 Å². The number of hydrogen-bond acceptors (Lipinski definition) is 4. The second-order valence-corrected chi connectivity index (χ2v) is 4.62. The molecule has 3 rings (SSSR count). The quantitative estimate of drug-likeness (QED) is 0.775. The summed E-state index contributed by atoms with van der Waals surface area (Å²) >= 11 is 0. The smallest absolute Gasteiger partial charge is 0.170 e. The van der Waals surface area contributed by atoms with Gasteiger partial charge in [-0.15, -0.1) is 0 Å². The number of fused-ring (bicyclic) bond motifs is 1. The number of nitrogens with two attached hydrogens (primary N) is 1. The predicted molar refractivity (Wildman–Crippen MR) is 75.7 cm³/mol. The number of furan rings is 1. The van der Waals surface area contributed by atoms with E-state index in [1.165, 1.54) is 6.07 Å². The number of rotatable bonds is 2. The Morgan fingerprint density at radius 3 is 2.80 bits per heavy atom. The Hall–Kier alpha value is -2.43. The van der Waals surface area contributed by atoms with E-state index in [-0.39, 0.29) is 11.4 Å². The summed E-state index contributed by atoms with van der Waals surface area (Å²) in [7, 11) is 0. The van der Waals surface area contributed by atoms with Gasteiger partial charge in [0, 0.05) is 17.4 Å². The number of para-hydroxylation sites is 1. The average Bonchev–Trinajstić information content (AvgIpc) is 2.87. The van der Waals surface area contributed by atoms with E-state index >= 15 is 0 Å². The van der Waals surface area contributed by atoms with E-state index in [1.54, 1.807) is 18.2 Å². The maximum absolute atomic E-state index is 13.7. The Labute approximate surface area is 115 Å². The molecule has 2 heterocycles. The number of hydrogen-bond donors (Lipinski definition) is 1. The second kappa shape index (κ2) is 4.59. The lowest BCUT2D eigenvalue weighted by molar-refractivity contribution is 0.567. The third kappa shape index (κ3) is 1.91. The van der Waals surface area contributed by atoms with Gasteiger partial charge in [0.15, 0.2) is 17.2 Å². The van der Waals surface area contributed by atoms with Crippen molar-refractivity contribution < 1.29 is 8.81 Å². The van der Waals surface area contributed by atoms with E-state index in [9.17, 15) is 4.39 Å². The van der Waals surface area contributed by atoms with Crippen LogP contribution in [0.3, 0.4) is 0 Å². The van der Waals surface area contributed by atoms with E-state index in [2.05, 4.69) is 9.97 Å². The van der Waals surface area contributed by atoms with Gasteiger partial charge in [-0.3, -0.25) is 0 Å². The first-order valence-corrected chi connectivity index (χ1v) is 6.41. The van der Waals surface area contributed by atoms with Gasteiger partial charge in [-0.2, -0.15) is 0 Å². The normalized spacial score (nSPS) is 11.2. The lowest BCUT2D eigenvalue weighted by atomic mass is 10.1. The first-order chi connectivity index (χ1) is 9.60. The van der Waals surface area contributed by atoms with Crippen LogP contribution in [0.2, 0.25) is 0 Å². The topological polar surface area (TPSA) is 64.9 Å². The predicted octanol–water partition coefficient (Wildman–Crippen LogP) is 3.48. The number of aryl methyl sites for hydroxylation is 1. The molecular formula is C15H14FN3O. The van der Waals surface area contributed by atoms with E-state index in [0.717, 1.165) is 5.56 Å². The van der Waals surface area contributed by atoms with Gasteiger partial charge in [0.2, 0.25) is 0 Å². The lowest BCUT2D eigenvalue weighted by Crippen LogP contribution is -2.03. The van der Waals surface area contributed by atoms with Crippen LogP contribution in [-0.4, -0.2) is 9.97 Å². The standard InChI is InChI=1S/C15H14FN3O/c1-3-12-18-13(8(2)15(17)19-12)11-7-9-5-4-6-10(16)14(9)20-11/h4-7H,3H2,1-2H3,(H2,17,18,19). The minimum atomic E-state index is -0.385. The Kier molecular flexibility index (Phi) is 2.89. The summed E-state index contributed by atoms with van der Waals surface area (Å²) in [5, 5.41) is 0.703. The van der Waals surface area contributed by atoms with Crippen LogP contribution < -0.4 is 5.73 Å². The molecule has 0 aliphatic rings. The molecule has 20 heavy (non-hydrogen) atoms. The van der Waals surface area contributed by atoms with Crippen molar-refractivity contribution >= 4 is 16.8 Å². The molecule has 0 bridgehead atoms. The Morgan fingerprint density at radius 1 is 1.30 bits per heavy atom. The summed E-state index contributed by atoms with van der Waals surface area (Å²) in [6.07, 6.45) is 0.673. The highest BCUT2D eigenvalue weighted by Crippen LogP contribution is 2.31. The molecule has 0 aliphatic heterocycles. The van der Waals surface area contributed by atoms with E-state index in [1.807, 2.05) is 13.8 Å². The van der Waals surface area contributed by atoms with E-state index in [0.29, 0.717) is 34.9 Å². The van der Waals surface area contributed by atoms with Crippen LogP contribution in [0.5, 0.6) is 0 Å². The van der Waals surface area contributed by atoms with Crippen molar-refractivity contribution in [3.8, 4) is 11.5 Å². The molecule has 2 aromatic heterocycles. The number of aromatic nitrogens is 2. The molecule has 4 nitrogen and oxygen atoms in total. The number of anilines is 1. The number of nitrogen functional groups attached to an aromatic ring is 1. The van der Waals surface area contributed by atoms with Crippen LogP contribution in [0, 0.1) is 12.7 Å². The fourth-order valence-corrected chi connectivity index (χ4v) is 2.12. The van der Waals surface area contributed by atoms with Crippen LogP contribution in [0.4, 0.5) is 10.2 Å². The summed E-state index contributed by atoms with van der Waals surface area (Å²) in [6.45, 7) is 3.78. The molecule has 0 atom stereocenters. The van der Waals surface area contributed by atoms with Crippen LogP contribution in [-0.2, 0) is 6.42 Å². The zero-order chi connectivity index (χ0) is 14.3. The third-order valence-corrected chi connectivity index (χ3v) is 3.28. The number of halogens is 1. The van der Waals surface area contributed by atoms with Crippen LogP contribution in [0.15, 0.2) is 28.7 Å². The van der Waals surface area contributed by atoms with Crippen molar-refractivity contribution in [3.63, 3.8) is 0 Å². The summed E-state index contributed by atoms with van der Waals surface area (Å²) in [5.41, 5.74) is 7.48. The average molecular weight is 271 g/mol. The largest absolute Gasteiger partial charge is 0.451 e. The van der Waals surface area contributed by atoms with Crippen LogP contribution >= 0.6 is 0 Å². The van der Waals surface area contributed by atoms with Crippen molar-refractivity contribution in [2.45, 2.75) is 20.3 Å². The van der Waals surface area contributed by atoms with E-state index in [4.69, 9.17) is 10.2 Å². The minimum absolute atomic E-state index is 0.233. The molecule has 2 N–H and O–H groups in total. The van der Waals surface area contributed by atoms with Gasteiger partial charge in [0.05, 0.1) is 0 Å². The van der Waals surface area contributed by atoms with Crippen molar-refractivity contribution in [3.05, 3.63) is 41.5 Å². The minimum Gasteiger partial charge on any atom is -0.451 e. The Morgan fingerprint density at radius 2 is 2.10 bits per heavy atom. The van der Waals surface area contributed by atoms with Gasteiger partial charge in [-0.25, -0.2) is 14.4 Å². The Balaban J connectivity index is 2.25. The molecule has 0 fully saturated rings. The molecule has 0 saturated heterocycles. The molecular weight excluding hydrogens is 257 g/mol. The highest BCUT2D eigenvalue weighted by atomic mass is 19.1. The zero-order valence-corrected chi connectivity index (χ0v) is 11.3. The van der Waals surface area contributed by atoms with Crippen LogP contribution in [0.1, 0.15) is 18.3 Å². The van der Waals surface area contributed by atoms with Gasteiger partial charge in [0.1, 0.15) is 17.3 Å². The summed E-state index contributed by atoms with van der Waals surface area (Å²) < 4.78 is 19.3. The number of benzene rings is 1. The molecule has 0 aliphatic carbocycles.